The summed E-state index contributed by atoms with van der Waals surface area (Å²) in [6.45, 7) is -0.449. The third-order valence-corrected chi connectivity index (χ3v) is 5.48. The van der Waals surface area contributed by atoms with E-state index < -0.39 is 29.2 Å². The number of hydrogen-bond acceptors (Lipinski definition) is 9. The van der Waals surface area contributed by atoms with Gasteiger partial charge in [0.15, 0.2) is 12.4 Å². The van der Waals surface area contributed by atoms with E-state index in [2.05, 4.69) is 0 Å². The maximum absolute atomic E-state index is 13.1. The molecule has 0 saturated carbocycles. The Bertz CT molecular complexity index is 1170. The van der Waals surface area contributed by atoms with Gasteiger partial charge < -0.3 is 9.64 Å². The summed E-state index contributed by atoms with van der Waals surface area (Å²) in [4.78, 5) is 50.5. The number of nitro benzene ring substituents is 1. The van der Waals surface area contributed by atoms with E-state index in [1.807, 2.05) is 12.1 Å². The Morgan fingerprint density at radius 1 is 1.06 bits per heavy atom. The number of nitrogens with zero attached hydrogens (tertiary/aromatic N) is 4. The number of nitro groups is 1. The van der Waals surface area contributed by atoms with Crippen molar-refractivity contribution in [2.45, 2.75) is 17.7 Å². The van der Waals surface area contributed by atoms with E-state index in [9.17, 15) is 24.5 Å². The highest BCUT2D eigenvalue weighted by atomic mass is 32.2. The van der Waals surface area contributed by atoms with E-state index in [1.165, 1.54) is 53.1 Å². The standard InChI is InChI=1S/C23H20N4O6S/c1-34-20-9-8-16(14-19(20)27(31)32)22(29)17-6-2-3-7-18(17)23(30)33-15-21(28)26(12-4-10-24)13-5-11-25/h2-3,6-9,14H,4-5,12-13,15H2,1H3. The second kappa shape index (κ2) is 12.7. The fourth-order valence-electron chi connectivity index (χ4n) is 3.02. The summed E-state index contributed by atoms with van der Waals surface area (Å²) in [6.07, 6.45) is 1.80. The largest absolute Gasteiger partial charge is 0.452 e. The van der Waals surface area contributed by atoms with Crippen molar-refractivity contribution in [2.24, 2.45) is 0 Å². The molecule has 34 heavy (non-hydrogen) atoms. The third-order valence-electron chi connectivity index (χ3n) is 4.70. The lowest BCUT2D eigenvalue weighted by Gasteiger charge is -2.20. The Hall–Kier alpha value is -4.22. The zero-order valence-electron chi connectivity index (χ0n) is 18.2. The summed E-state index contributed by atoms with van der Waals surface area (Å²) in [6, 6.07) is 13.7. The van der Waals surface area contributed by atoms with Gasteiger partial charge in [-0.05, 0) is 24.5 Å². The van der Waals surface area contributed by atoms with Crippen molar-refractivity contribution >= 4 is 35.1 Å². The van der Waals surface area contributed by atoms with Crippen LogP contribution >= 0.6 is 11.8 Å². The Morgan fingerprint density at radius 3 is 2.24 bits per heavy atom. The fourth-order valence-corrected chi connectivity index (χ4v) is 3.56. The summed E-state index contributed by atoms with van der Waals surface area (Å²) in [5.41, 5.74) is -0.326. The van der Waals surface area contributed by atoms with Crippen LogP contribution in [0.1, 0.15) is 39.1 Å². The first kappa shape index (κ1) is 26.0. The molecule has 0 fully saturated rings. The maximum atomic E-state index is 13.1. The van der Waals surface area contributed by atoms with E-state index in [1.54, 1.807) is 6.26 Å². The van der Waals surface area contributed by atoms with Crippen LogP contribution in [0.4, 0.5) is 5.69 Å². The lowest BCUT2D eigenvalue weighted by Crippen LogP contribution is -2.36. The molecule has 11 heteroatoms. The molecule has 0 saturated heterocycles. The number of nitriles is 2. The smallest absolute Gasteiger partial charge is 0.339 e. The minimum Gasteiger partial charge on any atom is -0.452 e. The molecular weight excluding hydrogens is 460 g/mol. The van der Waals surface area contributed by atoms with Gasteiger partial charge >= 0.3 is 5.97 Å². The van der Waals surface area contributed by atoms with Gasteiger partial charge in [0.1, 0.15) is 0 Å². The van der Waals surface area contributed by atoms with Gasteiger partial charge in [-0.25, -0.2) is 4.79 Å². The van der Waals surface area contributed by atoms with Gasteiger partial charge in [0.2, 0.25) is 0 Å². The van der Waals surface area contributed by atoms with Gasteiger partial charge in [-0.15, -0.1) is 11.8 Å². The number of ketones is 1. The van der Waals surface area contributed by atoms with Crippen LogP contribution in [0.3, 0.4) is 0 Å². The average molecular weight is 481 g/mol. The van der Waals surface area contributed by atoms with Crippen molar-refractivity contribution in [1.82, 2.24) is 4.90 Å². The number of esters is 1. The summed E-state index contributed by atoms with van der Waals surface area (Å²) < 4.78 is 5.10. The highest BCUT2D eigenvalue weighted by molar-refractivity contribution is 7.98. The van der Waals surface area contributed by atoms with Crippen LogP contribution in [0.15, 0.2) is 47.4 Å². The summed E-state index contributed by atoms with van der Waals surface area (Å²) in [5.74, 6) is -2.11. The van der Waals surface area contributed by atoms with Crippen molar-refractivity contribution in [2.75, 3.05) is 26.0 Å². The van der Waals surface area contributed by atoms with Crippen LogP contribution in [0, 0.1) is 32.8 Å². The Morgan fingerprint density at radius 2 is 1.68 bits per heavy atom. The third kappa shape index (κ3) is 6.64. The van der Waals surface area contributed by atoms with Crippen molar-refractivity contribution < 1.29 is 24.0 Å². The molecule has 2 aromatic carbocycles. The predicted octanol–water partition coefficient (Wildman–Crippen LogP) is 3.36. The molecule has 0 spiro atoms. The molecule has 0 aliphatic heterocycles. The van der Waals surface area contributed by atoms with Gasteiger partial charge in [-0.2, -0.15) is 10.5 Å². The lowest BCUT2D eigenvalue weighted by atomic mass is 9.98. The molecule has 2 rings (SSSR count). The van der Waals surface area contributed by atoms with Crippen LogP contribution < -0.4 is 0 Å². The molecule has 0 atom stereocenters. The van der Waals surface area contributed by atoms with E-state index in [-0.39, 0.29) is 48.3 Å². The van der Waals surface area contributed by atoms with Gasteiger partial charge in [0, 0.05) is 30.3 Å². The molecule has 1 amide bonds. The van der Waals surface area contributed by atoms with Gasteiger partial charge in [0.25, 0.3) is 11.6 Å². The van der Waals surface area contributed by atoms with Gasteiger partial charge in [-0.3, -0.25) is 19.7 Å². The average Bonchev–Trinajstić information content (AvgIpc) is 2.86. The van der Waals surface area contributed by atoms with E-state index in [4.69, 9.17) is 15.3 Å². The lowest BCUT2D eigenvalue weighted by molar-refractivity contribution is -0.387. The van der Waals surface area contributed by atoms with E-state index >= 15 is 0 Å². The quantitative estimate of drug-likeness (QED) is 0.155. The van der Waals surface area contributed by atoms with Crippen LogP contribution in [0.5, 0.6) is 0 Å². The molecule has 0 heterocycles. The predicted molar refractivity (Wildman–Crippen MR) is 122 cm³/mol. The van der Waals surface area contributed by atoms with E-state index in [0.717, 1.165) is 6.07 Å². The molecule has 0 aliphatic rings. The van der Waals surface area contributed by atoms with Crippen LogP contribution in [-0.2, 0) is 9.53 Å². The highest BCUT2D eigenvalue weighted by Gasteiger charge is 2.23. The van der Waals surface area contributed by atoms with Crippen LogP contribution in [-0.4, -0.2) is 53.4 Å². The molecule has 0 aliphatic carbocycles. The number of carbonyl (C=O) groups excluding carboxylic acids is 3. The molecule has 2 aromatic rings. The monoisotopic (exact) mass is 480 g/mol. The first-order valence-corrected chi connectivity index (χ1v) is 11.2. The fraction of sp³-hybridized carbons (Fsp3) is 0.261. The van der Waals surface area contributed by atoms with Crippen LogP contribution in [0.2, 0.25) is 0 Å². The number of benzene rings is 2. The Balaban J connectivity index is 2.22. The van der Waals surface area contributed by atoms with Gasteiger partial charge in [0.05, 0.1) is 40.4 Å². The first-order valence-electron chi connectivity index (χ1n) is 9.99. The minimum atomic E-state index is -0.923. The van der Waals surface area contributed by atoms with Crippen molar-refractivity contribution in [1.29, 1.82) is 10.5 Å². The van der Waals surface area contributed by atoms with Crippen molar-refractivity contribution in [3.63, 3.8) is 0 Å². The number of carbonyl (C=O) groups is 3. The Labute approximate surface area is 199 Å². The van der Waals surface area contributed by atoms with Crippen LogP contribution in [0.25, 0.3) is 0 Å². The zero-order chi connectivity index (χ0) is 25.1. The number of thioether (sulfide) groups is 1. The zero-order valence-corrected chi connectivity index (χ0v) is 19.0. The van der Waals surface area contributed by atoms with E-state index in [0.29, 0.717) is 4.90 Å². The Kier molecular flexibility index (Phi) is 9.74. The second-order valence-electron chi connectivity index (χ2n) is 6.79. The molecule has 0 unspecified atom stereocenters. The SMILES string of the molecule is CSc1ccc(C(=O)c2ccccc2C(=O)OCC(=O)N(CCC#N)CCC#N)cc1[N+](=O)[O-]. The highest BCUT2D eigenvalue weighted by Crippen LogP contribution is 2.29. The maximum Gasteiger partial charge on any atom is 0.339 e. The normalized spacial score (nSPS) is 9.97. The second-order valence-corrected chi connectivity index (χ2v) is 7.64. The number of hydrogen-bond donors (Lipinski definition) is 0. The summed E-state index contributed by atoms with van der Waals surface area (Å²) in [7, 11) is 0. The molecule has 0 radical (unpaired) electrons. The molecule has 0 bridgehead atoms. The molecule has 0 aromatic heterocycles. The number of amides is 1. The summed E-state index contributed by atoms with van der Waals surface area (Å²) >= 11 is 1.17. The van der Waals surface area contributed by atoms with Gasteiger partial charge in [-0.1, -0.05) is 18.2 Å². The summed E-state index contributed by atoms with van der Waals surface area (Å²) in [5, 5.41) is 28.8. The molecule has 10 nitrogen and oxygen atoms in total. The molecule has 174 valence electrons. The first-order chi connectivity index (χ1) is 16.3. The van der Waals surface area contributed by atoms with Crippen molar-refractivity contribution in [3.8, 4) is 12.1 Å². The topological polar surface area (TPSA) is 154 Å². The molecule has 0 N–H and O–H groups in total. The number of ether oxygens (including phenoxy) is 1. The minimum absolute atomic E-state index is 0.0278. The molecular formula is C23H20N4O6S. The van der Waals surface area contributed by atoms with Crippen molar-refractivity contribution in [3.05, 3.63) is 69.3 Å². The number of rotatable bonds is 11.